The summed E-state index contributed by atoms with van der Waals surface area (Å²) in [4.78, 5) is 13.7. The third kappa shape index (κ3) is 2.17. The average molecular weight is 220 g/mol. The van der Waals surface area contributed by atoms with Crippen molar-refractivity contribution in [1.82, 2.24) is 4.98 Å². The van der Waals surface area contributed by atoms with E-state index in [0.29, 0.717) is 6.07 Å². The lowest BCUT2D eigenvalue weighted by Crippen LogP contribution is -2.17. The predicted octanol–water partition coefficient (Wildman–Crippen LogP) is 1.27. The van der Waals surface area contributed by atoms with Gasteiger partial charge in [-0.25, -0.2) is 18.2 Å². The standard InChI is InChI=1S/C8H7F3N2O2/c1-15-4-2-3(9)5(8(12)14)13-6(4)7(10)11/h2,7H,1H3,(H2,12,14). The monoisotopic (exact) mass is 220 g/mol. The molecule has 0 saturated carbocycles. The van der Waals surface area contributed by atoms with Gasteiger partial charge in [0.05, 0.1) is 7.11 Å². The summed E-state index contributed by atoms with van der Waals surface area (Å²) in [6, 6.07) is 0.647. The van der Waals surface area contributed by atoms with Crippen LogP contribution in [0.3, 0.4) is 0 Å². The van der Waals surface area contributed by atoms with Crippen molar-refractivity contribution in [2.24, 2.45) is 5.73 Å². The molecule has 82 valence electrons. The molecule has 0 aliphatic carbocycles. The molecule has 0 fully saturated rings. The van der Waals surface area contributed by atoms with E-state index >= 15 is 0 Å². The van der Waals surface area contributed by atoms with Crippen LogP contribution in [-0.2, 0) is 0 Å². The van der Waals surface area contributed by atoms with E-state index in [2.05, 4.69) is 9.72 Å². The Morgan fingerprint density at radius 3 is 2.60 bits per heavy atom. The zero-order valence-electron chi connectivity index (χ0n) is 7.63. The highest BCUT2D eigenvalue weighted by Gasteiger charge is 2.21. The Morgan fingerprint density at radius 2 is 2.20 bits per heavy atom. The number of rotatable bonds is 3. The quantitative estimate of drug-likeness (QED) is 0.834. The van der Waals surface area contributed by atoms with Crippen molar-refractivity contribution in [2.75, 3.05) is 7.11 Å². The van der Waals surface area contributed by atoms with E-state index in [1.165, 1.54) is 0 Å². The first kappa shape index (κ1) is 11.3. The van der Waals surface area contributed by atoms with Crippen molar-refractivity contribution in [1.29, 1.82) is 0 Å². The van der Waals surface area contributed by atoms with Gasteiger partial charge in [0.25, 0.3) is 12.3 Å². The van der Waals surface area contributed by atoms with Crippen LogP contribution in [0.2, 0.25) is 0 Å². The van der Waals surface area contributed by atoms with Gasteiger partial charge >= 0.3 is 0 Å². The highest BCUT2D eigenvalue weighted by Crippen LogP contribution is 2.28. The van der Waals surface area contributed by atoms with Crippen LogP contribution in [0.25, 0.3) is 0 Å². The molecule has 4 nitrogen and oxygen atoms in total. The van der Waals surface area contributed by atoms with Gasteiger partial charge in [-0.3, -0.25) is 4.79 Å². The number of nitrogens with two attached hydrogens (primary N) is 1. The third-order valence-electron chi connectivity index (χ3n) is 1.63. The number of alkyl halides is 2. The predicted molar refractivity (Wildman–Crippen MR) is 44.2 cm³/mol. The lowest BCUT2D eigenvalue weighted by Gasteiger charge is -2.08. The van der Waals surface area contributed by atoms with Gasteiger partial charge in [-0.1, -0.05) is 0 Å². The minimum Gasteiger partial charge on any atom is -0.495 e. The fraction of sp³-hybridized carbons (Fsp3) is 0.250. The molecule has 0 radical (unpaired) electrons. The molecule has 2 N–H and O–H groups in total. The van der Waals surface area contributed by atoms with E-state index in [1.807, 2.05) is 0 Å². The molecule has 1 aromatic heterocycles. The summed E-state index contributed by atoms with van der Waals surface area (Å²) in [5.41, 5.74) is 3.11. The van der Waals surface area contributed by atoms with Crippen molar-refractivity contribution in [3.05, 3.63) is 23.3 Å². The van der Waals surface area contributed by atoms with E-state index in [0.717, 1.165) is 7.11 Å². The van der Waals surface area contributed by atoms with Crippen LogP contribution in [0.5, 0.6) is 5.75 Å². The molecule has 1 heterocycles. The van der Waals surface area contributed by atoms with Crippen LogP contribution >= 0.6 is 0 Å². The first-order chi connectivity index (χ1) is 6.97. The van der Waals surface area contributed by atoms with E-state index < -0.39 is 35.3 Å². The molecule has 15 heavy (non-hydrogen) atoms. The maximum atomic E-state index is 13.0. The highest BCUT2D eigenvalue weighted by molar-refractivity contribution is 5.91. The largest absolute Gasteiger partial charge is 0.495 e. The summed E-state index contributed by atoms with van der Waals surface area (Å²) in [6.45, 7) is 0. The summed E-state index contributed by atoms with van der Waals surface area (Å²) in [5.74, 6) is -2.73. The first-order valence-electron chi connectivity index (χ1n) is 3.79. The second-order valence-corrected chi connectivity index (χ2v) is 2.57. The van der Waals surface area contributed by atoms with Crippen LogP contribution < -0.4 is 10.5 Å². The number of hydrogen-bond donors (Lipinski definition) is 1. The van der Waals surface area contributed by atoms with Crippen LogP contribution in [0.15, 0.2) is 6.07 Å². The number of methoxy groups -OCH3 is 1. The van der Waals surface area contributed by atoms with E-state index in [4.69, 9.17) is 5.73 Å². The van der Waals surface area contributed by atoms with Gasteiger partial charge < -0.3 is 10.5 Å². The summed E-state index contributed by atoms with van der Waals surface area (Å²) in [5, 5.41) is 0. The number of halogens is 3. The van der Waals surface area contributed by atoms with Crippen molar-refractivity contribution in [3.8, 4) is 5.75 Å². The highest BCUT2D eigenvalue weighted by atomic mass is 19.3. The Labute approximate surface area is 82.9 Å². The van der Waals surface area contributed by atoms with Crippen molar-refractivity contribution < 1.29 is 22.7 Å². The van der Waals surface area contributed by atoms with Crippen molar-refractivity contribution >= 4 is 5.91 Å². The topological polar surface area (TPSA) is 65.2 Å². The molecule has 1 amide bonds. The second kappa shape index (κ2) is 4.16. The van der Waals surface area contributed by atoms with Crippen LogP contribution in [0.4, 0.5) is 13.2 Å². The second-order valence-electron chi connectivity index (χ2n) is 2.57. The zero-order chi connectivity index (χ0) is 11.6. The van der Waals surface area contributed by atoms with Gasteiger partial charge in [0.1, 0.15) is 11.4 Å². The molecule has 0 aliphatic rings. The summed E-state index contributed by atoms with van der Waals surface area (Å²) >= 11 is 0. The van der Waals surface area contributed by atoms with Crippen molar-refractivity contribution in [2.45, 2.75) is 6.43 Å². The van der Waals surface area contributed by atoms with Crippen LogP contribution in [0.1, 0.15) is 22.6 Å². The Morgan fingerprint density at radius 1 is 1.60 bits per heavy atom. The first-order valence-corrected chi connectivity index (χ1v) is 3.79. The van der Waals surface area contributed by atoms with Gasteiger partial charge in [0, 0.05) is 6.07 Å². The number of pyridine rings is 1. The summed E-state index contributed by atoms with van der Waals surface area (Å²) in [6.07, 6.45) is -2.97. The average Bonchev–Trinajstić information content (AvgIpc) is 2.16. The maximum Gasteiger partial charge on any atom is 0.284 e. The number of ether oxygens (including phenoxy) is 1. The molecule has 0 unspecified atom stereocenters. The van der Waals surface area contributed by atoms with Gasteiger partial charge in [0.2, 0.25) is 0 Å². The van der Waals surface area contributed by atoms with Gasteiger partial charge in [-0.2, -0.15) is 0 Å². The molecule has 0 saturated heterocycles. The normalized spacial score (nSPS) is 10.5. The number of carbonyl (C=O) groups is 1. The van der Waals surface area contributed by atoms with Gasteiger partial charge in [-0.05, 0) is 0 Å². The molecule has 0 atom stereocenters. The van der Waals surface area contributed by atoms with Crippen molar-refractivity contribution in [3.63, 3.8) is 0 Å². The third-order valence-corrected chi connectivity index (χ3v) is 1.63. The molecule has 7 heteroatoms. The van der Waals surface area contributed by atoms with Gasteiger partial charge in [0.15, 0.2) is 11.5 Å². The number of nitrogens with zero attached hydrogens (tertiary/aromatic N) is 1. The smallest absolute Gasteiger partial charge is 0.284 e. The molecule has 1 rings (SSSR count). The number of aromatic nitrogens is 1. The Bertz CT molecular complexity index is 396. The van der Waals surface area contributed by atoms with Crippen LogP contribution in [0, 0.1) is 5.82 Å². The molecule has 1 aromatic rings. The fourth-order valence-corrected chi connectivity index (χ4v) is 0.979. The summed E-state index contributed by atoms with van der Waals surface area (Å²) in [7, 11) is 1.09. The molecular weight excluding hydrogens is 213 g/mol. The Kier molecular flexibility index (Phi) is 3.13. The minimum absolute atomic E-state index is 0.424. The van der Waals surface area contributed by atoms with E-state index in [9.17, 15) is 18.0 Å². The molecule has 0 bridgehead atoms. The van der Waals surface area contributed by atoms with E-state index in [-0.39, 0.29) is 0 Å². The molecular formula is C8H7F3N2O2. The Hall–Kier alpha value is -1.79. The number of hydrogen-bond acceptors (Lipinski definition) is 3. The number of carbonyl (C=O) groups excluding carboxylic acids is 1. The maximum absolute atomic E-state index is 13.0. The minimum atomic E-state index is -2.97. The lowest BCUT2D eigenvalue weighted by molar-refractivity contribution is 0.0988. The SMILES string of the molecule is COc1cc(F)c(C(N)=O)nc1C(F)F. The Balaban J connectivity index is 3.37. The molecule has 0 aromatic carbocycles. The van der Waals surface area contributed by atoms with E-state index in [1.54, 1.807) is 0 Å². The number of amides is 1. The van der Waals surface area contributed by atoms with Gasteiger partial charge in [-0.15, -0.1) is 0 Å². The van der Waals surface area contributed by atoms with Crippen LogP contribution in [-0.4, -0.2) is 18.0 Å². The molecule has 0 spiro atoms. The number of primary amides is 1. The fourth-order valence-electron chi connectivity index (χ4n) is 0.979. The zero-order valence-corrected chi connectivity index (χ0v) is 7.63. The summed E-state index contributed by atoms with van der Waals surface area (Å²) < 4.78 is 42.3. The lowest BCUT2D eigenvalue weighted by atomic mass is 10.2. The molecule has 0 aliphatic heterocycles.